The maximum absolute atomic E-state index is 12.8. The molecular formula is C21H34N4OS. The van der Waals surface area contributed by atoms with Crippen LogP contribution in [0.2, 0.25) is 0 Å². The second-order valence-corrected chi connectivity index (χ2v) is 9.80. The number of amides is 1. The summed E-state index contributed by atoms with van der Waals surface area (Å²) in [6.45, 7) is 20.6. The lowest BCUT2D eigenvalue weighted by atomic mass is 9.95. The summed E-state index contributed by atoms with van der Waals surface area (Å²) >= 11 is 1.47. The summed E-state index contributed by atoms with van der Waals surface area (Å²) < 4.78 is 0. The molecule has 0 saturated carbocycles. The molecule has 27 heavy (non-hydrogen) atoms. The lowest BCUT2D eigenvalue weighted by molar-refractivity contribution is 0.0943. The van der Waals surface area contributed by atoms with Gasteiger partial charge < -0.3 is 5.32 Å². The molecular weight excluding hydrogens is 356 g/mol. The van der Waals surface area contributed by atoms with Gasteiger partial charge in [0, 0.05) is 36.0 Å². The molecule has 2 rings (SSSR count). The fraction of sp³-hybridized carbons (Fsp3) is 0.667. The quantitative estimate of drug-likeness (QED) is 0.791. The molecule has 2 aromatic heterocycles. The van der Waals surface area contributed by atoms with Crippen molar-refractivity contribution in [1.82, 2.24) is 20.2 Å². The molecule has 0 atom stereocenters. The van der Waals surface area contributed by atoms with Gasteiger partial charge in [0.05, 0.1) is 10.6 Å². The van der Waals surface area contributed by atoms with Gasteiger partial charge >= 0.3 is 0 Å². The van der Waals surface area contributed by atoms with Gasteiger partial charge in [0.2, 0.25) is 0 Å². The molecule has 0 spiro atoms. The van der Waals surface area contributed by atoms with Crippen molar-refractivity contribution < 1.29 is 4.79 Å². The Kier molecular flexibility index (Phi) is 6.63. The summed E-state index contributed by atoms with van der Waals surface area (Å²) in [7, 11) is 0. The van der Waals surface area contributed by atoms with Crippen LogP contribution in [0.5, 0.6) is 0 Å². The molecule has 5 nitrogen and oxygen atoms in total. The average Bonchev–Trinajstić information content (AvgIpc) is 2.87. The lowest BCUT2D eigenvalue weighted by Crippen LogP contribution is -2.42. The SMILES string of the molecule is Cc1nc(C(C)(C)C)nc2sc(C(=O)NCCN(C(C)C)C(C)C)c(C)c12. The standard InChI is InChI=1S/C21H34N4OS/c1-12(2)25(13(3)4)11-10-22-18(26)17-14(5)16-15(6)23-20(21(7,8)9)24-19(16)27-17/h12-13H,10-11H2,1-9H3,(H,22,26). The Bertz CT molecular complexity index is 810. The first kappa shape index (κ1) is 21.8. The van der Waals surface area contributed by atoms with Crippen LogP contribution in [0.1, 0.15) is 75.2 Å². The number of fused-ring (bicyclic) bond motifs is 1. The fourth-order valence-electron chi connectivity index (χ4n) is 3.38. The Morgan fingerprint density at radius 2 is 1.70 bits per heavy atom. The van der Waals surface area contributed by atoms with Gasteiger partial charge in [-0.25, -0.2) is 9.97 Å². The molecule has 1 amide bonds. The fourth-order valence-corrected chi connectivity index (χ4v) is 4.53. The molecule has 0 radical (unpaired) electrons. The third-order valence-electron chi connectivity index (χ3n) is 4.83. The van der Waals surface area contributed by atoms with Crippen molar-refractivity contribution in [3.8, 4) is 0 Å². The van der Waals surface area contributed by atoms with Gasteiger partial charge in [-0.2, -0.15) is 0 Å². The highest BCUT2D eigenvalue weighted by molar-refractivity contribution is 7.20. The molecule has 0 saturated heterocycles. The molecule has 0 unspecified atom stereocenters. The number of carbonyl (C=O) groups excluding carboxylic acids is 1. The Morgan fingerprint density at radius 1 is 1.11 bits per heavy atom. The lowest BCUT2D eigenvalue weighted by Gasteiger charge is -2.30. The first-order chi connectivity index (χ1) is 12.4. The van der Waals surface area contributed by atoms with Crippen LogP contribution < -0.4 is 5.32 Å². The van der Waals surface area contributed by atoms with Crippen molar-refractivity contribution >= 4 is 27.5 Å². The Balaban J connectivity index is 2.22. The average molecular weight is 391 g/mol. The van der Waals surface area contributed by atoms with E-state index in [0.717, 1.165) is 38.7 Å². The zero-order valence-corrected chi connectivity index (χ0v) is 19.0. The van der Waals surface area contributed by atoms with Crippen molar-refractivity contribution in [2.75, 3.05) is 13.1 Å². The topological polar surface area (TPSA) is 58.1 Å². The number of aromatic nitrogens is 2. The van der Waals surface area contributed by atoms with E-state index in [9.17, 15) is 4.79 Å². The minimum atomic E-state index is -0.115. The third kappa shape index (κ3) is 4.85. The van der Waals surface area contributed by atoms with E-state index in [0.29, 0.717) is 18.6 Å². The number of hydrogen-bond acceptors (Lipinski definition) is 5. The highest BCUT2D eigenvalue weighted by Gasteiger charge is 2.23. The highest BCUT2D eigenvalue weighted by Crippen LogP contribution is 2.33. The van der Waals surface area contributed by atoms with Crippen LogP contribution >= 0.6 is 11.3 Å². The van der Waals surface area contributed by atoms with Crippen molar-refractivity contribution in [2.45, 2.75) is 79.8 Å². The van der Waals surface area contributed by atoms with Gasteiger partial charge in [-0.05, 0) is 47.1 Å². The van der Waals surface area contributed by atoms with Crippen LogP contribution in [0.3, 0.4) is 0 Å². The monoisotopic (exact) mass is 390 g/mol. The third-order valence-corrected chi connectivity index (χ3v) is 6.01. The van der Waals surface area contributed by atoms with Gasteiger partial charge in [-0.15, -0.1) is 11.3 Å². The molecule has 6 heteroatoms. The van der Waals surface area contributed by atoms with Gasteiger partial charge in [0.1, 0.15) is 10.7 Å². The predicted octanol–water partition coefficient (Wildman–Crippen LogP) is 4.45. The molecule has 0 aliphatic heterocycles. The van der Waals surface area contributed by atoms with Crippen molar-refractivity contribution in [1.29, 1.82) is 0 Å². The number of thiophene rings is 1. The summed E-state index contributed by atoms with van der Waals surface area (Å²) in [5.74, 6) is 0.810. The van der Waals surface area contributed by atoms with Crippen LogP contribution in [0, 0.1) is 13.8 Å². The summed E-state index contributed by atoms with van der Waals surface area (Å²) in [4.78, 5) is 26.2. The van der Waals surface area contributed by atoms with Crippen LogP contribution in [-0.2, 0) is 5.41 Å². The van der Waals surface area contributed by atoms with Crippen LogP contribution in [0.15, 0.2) is 0 Å². The van der Waals surface area contributed by atoms with Gasteiger partial charge in [-0.3, -0.25) is 9.69 Å². The second kappa shape index (κ2) is 8.23. The van der Waals surface area contributed by atoms with Crippen LogP contribution in [-0.4, -0.2) is 45.9 Å². The van der Waals surface area contributed by atoms with Crippen molar-refractivity contribution in [2.24, 2.45) is 0 Å². The van der Waals surface area contributed by atoms with Gasteiger partial charge in [0.15, 0.2) is 0 Å². The maximum atomic E-state index is 12.8. The number of rotatable bonds is 6. The predicted molar refractivity (Wildman–Crippen MR) is 115 cm³/mol. The van der Waals surface area contributed by atoms with E-state index in [-0.39, 0.29) is 11.3 Å². The number of nitrogens with zero attached hydrogens (tertiary/aromatic N) is 3. The molecule has 0 aromatic carbocycles. The van der Waals surface area contributed by atoms with E-state index in [1.54, 1.807) is 0 Å². The zero-order valence-electron chi connectivity index (χ0n) is 18.2. The minimum Gasteiger partial charge on any atom is -0.350 e. The maximum Gasteiger partial charge on any atom is 0.261 e. The number of hydrogen-bond donors (Lipinski definition) is 1. The normalized spacial score (nSPS) is 12.6. The Hall–Kier alpha value is -1.53. The zero-order chi connectivity index (χ0) is 20.5. The number of carbonyl (C=O) groups is 1. The first-order valence-electron chi connectivity index (χ1n) is 9.75. The van der Waals surface area contributed by atoms with Crippen molar-refractivity contribution in [3.05, 3.63) is 22.0 Å². The van der Waals surface area contributed by atoms with E-state index in [1.165, 1.54) is 11.3 Å². The molecule has 0 aliphatic rings. The van der Waals surface area contributed by atoms with E-state index >= 15 is 0 Å². The molecule has 150 valence electrons. The molecule has 1 N–H and O–H groups in total. The van der Waals surface area contributed by atoms with E-state index < -0.39 is 0 Å². The summed E-state index contributed by atoms with van der Waals surface area (Å²) in [6, 6.07) is 0.920. The smallest absolute Gasteiger partial charge is 0.261 e. The molecule has 0 aliphatic carbocycles. The van der Waals surface area contributed by atoms with E-state index in [4.69, 9.17) is 4.98 Å². The molecule has 0 bridgehead atoms. The first-order valence-corrected chi connectivity index (χ1v) is 10.6. The second-order valence-electron chi connectivity index (χ2n) is 8.80. The van der Waals surface area contributed by atoms with E-state index in [1.807, 2.05) is 13.8 Å². The van der Waals surface area contributed by atoms with Crippen LogP contribution in [0.25, 0.3) is 10.2 Å². The van der Waals surface area contributed by atoms with Crippen LogP contribution in [0.4, 0.5) is 0 Å². The summed E-state index contributed by atoms with van der Waals surface area (Å²) in [6.07, 6.45) is 0. The molecule has 0 fully saturated rings. The summed E-state index contributed by atoms with van der Waals surface area (Å²) in [5, 5.41) is 4.10. The number of nitrogens with one attached hydrogen (secondary N) is 1. The van der Waals surface area contributed by atoms with Crippen molar-refractivity contribution in [3.63, 3.8) is 0 Å². The largest absolute Gasteiger partial charge is 0.350 e. The van der Waals surface area contributed by atoms with E-state index in [2.05, 4.69) is 63.7 Å². The number of aryl methyl sites for hydroxylation is 2. The summed E-state index contributed by atoms with van der Waals surface area (Å²) in [5.41, 5.74) is 1.81. The highest BCUT2D eigenvalue weighted by atomic mass is 32.1. The van der Waals surface area contributed by atoms with Gasteiger partial charge in [-0.1, -0.05) is 20.8 Å². The molecule has 2 aromatic rings. The Morgan fingerprint density at radius 3 is 2.22 bits per heavy atom. The minimum absolute atomic E-state index is 0.0142. The Labute approximate surface area is 167 Å². The van der Waals surface area contributed by atoms with Gasteiger partial charge in [0.25, 0.3) is 5.91 Å². The molecule has 2 heterocycles.